The number of anilines is 2. The Balaban J connectivity index is 1.79. The van der Waals surface area contributed by atoms with Crippen LogP contribution in [0.2, 0.25) is 0 Å². The van der Waals surface area contributed by atoms with E-state index < -0.39 is 0 Å². The molecule has 2 aromatic rings. The molecule has 1 aliphatic rings. The predicted octanol–water partition coefficient (Wildman–Crippen LogP) is 2.15. The van der Waals surface area contributed by atoms with Crippen LogP contribution in [0.25, 0.3) is 0 Å². The van der Waals surface area contributed by atoms with Crippen molar-refractivity contribution in [2.45, 2.75) is 20.8 Å². The zero-order valence-corrected chi connectivity index (χ0v) is 16.7. The molecule has 2 amide bonds. The summed E-state index contributed by atoms with van der Waals surface area (Å²) in [6, 6.07) is 7.45. The molecule has 1 aromatic carbocycles. The minimum atomic E-state index is -0.159. The molecular weight excluding hydrogens is 358 g/mol. The summed E-state index contributed by atoms with van der Waals surface area (Å²) in [5.74, 6) is 1.59. The maximum atomic E-state index is 12.9. The second kappa shape index (κ2) is 8.24. The fraction of sp³-hybridized carbons (Fsp3) is 0.400. The van der Waals surface area contributed by atoms with Crippen LogP contribution in [0.3, 0.4) is 0 Å². The van der Waals surface area contributed by atoms with Crippen molar-refractivity contribution in [3.8, 4) is 5.75 Å². The summed E-state index contributed by atoms with van der Waals surface area (Å²) >= 11 is 0. The molecule has 0 bridgehead atoms. The number of piperazine rings is 1. The predicted molar refractivity (Wildman–Crippen MR) is 106 cm³/mol. The van der Waals surface area contributed by atoms with Crippen molar-refractivity contribution in [1.29, 1.82) is 0 Å². The molecule has 0 radical (unpaired) electrons. The van der Waals surface area contributed by atoms with E-state index in [4.69, 9.17) is 4.74 Å². The van der Waals surface area contributed by atoms with Gasteiger partial charge in [0.1, 0.15) is 23.1 Å². The molecule has 148 valence electrons. The Labute approximate surface area is 164 Å². The maximum Gasteiger partial charge on any atom is 0.272 e. The van der Waals surface area contributed by atoms with E-state index in [1.165, 1.54) is 0 Å². The summed E-state index contributed by atoms with van der Waals surface area (Å²) in [7, 11) is 1.61. The smallest absolute Gasteiger partial charge is 0.272 e. The van der Waals surface area contributed by atoms with Crippen LogP contribution in [0, 0.1) is 13.8 Å². The molecule has 8 nitrogen and oxygen atoms in total. The summed E-state index contributed by atoms with van der Waals surface area (Å²) in [4.78, 5) is 36.5. The first kappa shape index (κ1) is 19.6. The molecule has 1 fully saturated rings. The van der Waals surface area contributed by atoms with Crippen molar-refractivity contribution in [2.75, 3.05) is 38.6 Å². The zero-order valence-electron chi connectivity index (χ0n) is 16.7. The van der Waals surface area contributed by atoms with Gasteiger partial charge in [0.2, 0.25) is 5.91 Å². The average molecular weight is 383 g/mol. The van der Waals surface area contributed by atoms with Gasteiger partial charge in [-0.05, 0) is 31.5 Å². The van der Waals surface area contributed by atoms with Crippen molar-refractivity contribution < 1.29 is 14.3 Å². The van der Waals surface area contributed by atoms with Crippen LogP contribution in [-0.4, -0.2) is 64.9 Å². The van der Waals surface area contributed by atoms with E-state index in [0.717, 1.165) is 11.3 Å². The van der Waals surface area contributed by atoms with Crippen molar-refractivity contribution in [3.63, 3.8) is 0 Å². The van der Waals surface area contributed by atoms with E-state index in [9.17, 15) is 9.59 Å². The van der Waals surface area contributed by atoms with Crippen molar-refractivity contribution in [1.82, 2.24) is 19.8 Å². The fourth-order valence-electron chi connectivity index (χ4n) is 3.19. The number of carbonyl (C=O) groups is 2. The summed E-state index contributed by atoms with van der Waals surface area (Å²) in [6.07, 6.45) is 0. The number of hydrogen-bond acceptors (Lipinski definition) is 6. The van der Waals surface area contributed by atoms with Crippen molar-refractivity contribution in [3.05, 3.63) is 41.3 Å². The number of carbonyl (C=O) groups excluding carboxylic acids is 2. The Hall–Kier alpha value is -3.16. The number of aromatic nitrogens is 2. The van der Waals surface area contributed by atoms with E-state index in [-0.39, 0.29) is 11.8 Å². The van der Waals surface area contributed by atoms with Gasteiger partial charge >= 0.3 is 0 Å². The second-order valence-electron chi connectivity index (χ2n) is 6.81. The molecular formula is C20H25N5O3. The average Bonchev–Trinajstić information content (AvgIpc) is 2.67. The first-order valence-corrected chi connectivity index (χ1v) is 9.19. The van der Waals surface area contributed by atoms with Crippen LogP contribution in [-0.2, 0) is 4.79 Å². The van der Waals surface area contributed by atoms with Crippen LogP contribution in [0.1, 0.15) is 28.8 Å². The van der Waals surface area contributed by atoms with Crippen molar-refractivity contribution in [2.24, 2.45) is 0 Å². The van der Waals surface area contributed by atoms with Gasteiger partial charge in [-0.1, -0.05) is 6.07 Å². The number of amides is 2. The molecule has 28 heavy (non-hydrogen) atoms. The third-order valence-electron chi connectivity index (χ3n) is 4.69. The Morgan fingerprint density at radius 1 is 1.04 bits per heavy atom. The summed E-state index contributed by atoms with van der Waals surface area (Å²) in [5, 5.41) is 3.23. The molecule has 8 heteroatoms. The molecule has 0 atom stereocenters. The minimum Gasteiger partial charge on any atom is -0.495 e. The van der Waals surface area contributed by atoms with Gasteiger partial charge < -0.3 is 19.9 Å². The lowest BCUT2D eigenvalue weighted by atomic mass is 10.2. The molecule has 1 aromatic heterocycles. The van der Waals surface area contributed by atoms with E-state index in [2.05, 4.69) is 15.3 Å². The van der Waals surface area contributed by atoms with Gasteiger partial charge in [-0.15, -0.1) is 0 Å². The monoisotopic (exact) mass is 383 g/mol. The molecule has 0 saturated carbocycles. The third kappa shape index (κ3) is 4.39. The fourth-order valence-corrected chi connectivity index (χ4v) is 3.19. The maximum absolute atomic E-state index is 12.9. The second-order valence-corrected chi connectivity index (χ2v) is 6.81. The van der Waals surface area contributed by atoms with Crippen molar-refractivity contribution >= 4 is 23.3 Å². The lowest BCUT2D eigenvalue weighted by Crippen LogP contribution is -2.50. The molecule has 0 aliphatic carbocycles. The van der Waals surface area contributed by atoms with E-state index >= 15 is 0 Å². The molecule has 0 unspecified atom stereocenters. The normalized spacial score (nSPS) is 14.0. The van der Waals surface area contributed by atoms with Gasteiger partial charge in [0.15, 0.2) is 0 Å². The SMILES string of the molecule is COc1ccc(C)cc1Nc1cc(C(=O)N2CCN(C(C)=O)CC2)nc(C)n1. The highest BCUT2D eigenvalue weighted by molar-refractivity contribution is 5.93. The zero-order chi connectivity index (χ0) is 20.3. The largest absolute Gasteiger partial charge is 0.495 e. The quantitative estimate of drug-likeness (QED) is 0.870. The number of benzene rings is 1. The van der Waals surface area contributed by atoms with Gasteiger partial charge in [0.05, 0.1) is 12.8 Å². The molecule has 2 heterocycles. The van der Waals surface area contributed by atoms with Gasteiger partial charge in [-0.2, -0.15) is 0 Å². The number of nitrogens with zero attached hydrogens (tertiary/aromatic N) is 4. The van der Waals surface area contributed by atoms with Crippen LogP contribution < -0.4 is 10.1 Å². The Bertz CT molecular complexity index is 891. The Morgan fingerprint density at radius 2 is 1.71 bits per heavy atom. The van der Waals surface area contributed by atoms with Crippen LogP contribution in [0.15, 0.2) is 24.3 Å². The Kier molecular flexibility index (Phi) is 5.77. The first-order chi connectivity index (χ1) is 13.4. The van der Waals surface area contributed by atoms with E-state index in [1.807, 2.05) is 25.1 Å². The number of rotatable bonds is 4. The standard InChI is InChI=1S/C20H25N5O3/c1-13-5-6-18(28-4)16(11-13)23-19-12-17(21-14(2)22-19)20(27)25-9-7-24(8-10-25)15(3)26/h5-6,11-12H,7-10H2,1-4H3,(H,21,22,23). The van der Waals surface area contributed by atoms with Gasteiger partial charge in [0.25, 0.3) is 5.91 Å². The molecule has 1 aliphatic heterocycles. The Morgan fingerprint density at radius 3 is 2.36 bits per heavy atom. The highest BCUT2D eigenvalue weighted by Gasteiger charge is 2.24. The third-order valence-corrected chi connectivity index (χ3v) is 4.69. The number of ether oxygens (including phenoxy) is 1. The summed E-state index contributed by atoms with van der Waals surface area (Å²) < 4.78 is 5.39. The number of aryl methyl sites for hydroxylation is 2. The summed E-state index contributed by atoms with van der Waals surface area (Å²) in [6.45, 7) is 7.36. The number of nitrogens with one attached hydrogen (secondary N) is 1. The molecule has 1 saturated heterocycles. The van der Waals surface area contributed by atoms with Gasteiger partial charge in [-0.3, -0.25) is 9.59 Å². The van der Waals surface area contributed by atoms with Crippen LogP contribution in [0.4, 0.5) is 11.5 Å². The van der Waals surface area contributed by atoms with E-state index in [0.29, 0.717) is 49.3 Å². The number of hydrogen-bond donors (Lipinski definition) is 1. The van der Waals surface area contributed by atoms with Crippen LogP contribution >= 0.6 is 0 Å². The topological polar surface area (TPSA) is 87.7 Å². The lowest BCUT2D eigenvalue weighted by Gasteiger charge is -2.34. The highest BCUT2D eigenvalue weighted by Crippen LogP contribution is 2.28. The van der Waals surface area contributed by atoms with Crippen LogP contribution in [0.5, 0.6) is 5.75 Å². The molecule has 1 N–H and O–H groups in total. The molecule has 3 rings (SSSR count). The van der Waals surface area contributed by atoms with Gasteiger partial charge in [-0.25, -0.2) is 9.97 Å². The number of methoxy groups -OCH3 is 1. The van der Waals surface area contributed by atoms with Gasteiger partial charge in [0, 0.05) is 39.2 Å². The highest BCUT2D eigenvalue weighted by atomic mass is 16.5. The minimum absolute atomic E-state index is 0.0311. The summed E-state index contributed by atoms with van der Waals surface area (Å²) in [5.41, 5.74) is 2.18. The molecule has 0 spiro atoms. The first-order valence-electron chi connectivity index (χ1n) is 9.19. The lowest BCUT2D eigenvalue weighted by molar-refractivity contribution is -0.130. The van der Waals surface area contributed by atoms with E-state index in [1.54, 1.807) is 36.8 Å².